The number of aromatic nitrogens is 2. The average Bonchev–Trinajstić information content (AvgIpc) is 2.91. The first-order valence-corrected chi connectivity index (χ1v) is 7.44. The van der Waals surface area contributed by atoms with E-state index in [2.05, 4.69) is 15.2 Å². The van der Waals surface area contributed by atoms with Gasteiger partial charge in [0.2, 0.25) is 5.91 Å². The number of hydrogen-bond acceptors (Lipinski definition) is 4. The van der Waals surface area contributed by atoms with Crippen LogP contribution in [0.5, 0.6) is 5.75 Å². The molecule has 0 aliphatic rings. The third kappa shape index (κ3) is 5.42. The van der Waals surface area contributed by atoms with Crippen LogP contribution in [0.1, 0.15) is 17.7 Å². The minimum Gasteiger partial charge on any atom is -0.434 e. The quantitative estimate of drug-likeness (QED) is 0.780. The number of nitrogens with one attached hydrogen (secondary N) is 1. The molecular weight excluding hydrogens is 330 g/mol. The summed E-state index contributed by atoms with van der Waals surface area (Å²) in [6, 6.07) is 9.85. The van der Waals surface area contributed by atoms with Crippen LogP contribution in [-0.4, -0.2) is 22.3 Å². The Hall–Kier alpha value is -3.21. The molecule has 130 valence electrons. The molecule has 0 bridgehead atoms. The molecule has 1 aromatic heterocycles. The van der Waals surface area contributed by atoms with Gasteiger partial charge in [-0.1, -0.05) is 18.2 Å². The Balaban J connectivity index is 2.08. The number of carbonyl (C=O) groups is 1. The van der Waals surface area contributed by atoms with Gasteiger partial charge < -0.3 is 10.1 Å². The number of benzene rings is 1. The minimum atomic E-state index is -2.94. The fourth-order valence-electron chi connectivity index (χ4n) is 2.13. The normalized spacial score (nSPS) is 10.8. The Labute approximate surface area is 143 Å². The van der Waals surface area contributed by atoms with Crippen molar-refractivity contribution in [3.05, 3.63) is 47.7 Å². The summed E-state index contributed by atoms with van der Waals surface area (Å²) in [6.07, 6.45) is 2.86. The first-order chi connectivity index (χ1) is 12.0. The molecule has 1 heterocycles. The fraction of sp³-hybridized carbons (Fsp3) is 0.235. The number of carbonyl (C=O) groups excluding carboxylic acids is 1. The lowest BCUT2D eigenvalue weighted by atomic mass is 10.2. The predicted molar refractivity (Wildman–Crippen MR) is 87.9 cm³/mol. The van der Waals surface area contributed by atoms with E-state index >= 15 is 0 Å². The molecule has 0 fully saturated rings. The molecule has 0 atom stereocenters. The van der Waals surface area contributed by atoms with Crippen molar-refractivity contribution < 1.29 is 18.3 Å². The van der Waals surface area contributed by atoms with Crippen LogP contribution in [0.4, 0.5) is 14.6 Å². The molecular formula is C17H16F2N4O2. The van der Waals surface area contributed by atoms with Crippen LogP contribution in [0, 0.1) is 18.3 Å². The number of amides is 1. The lowest BCUT2D eigenvalue weighted by molar-refractivity contribution is -0.111. The fourth-order valence-corrected chi connectivity index (χ4v) is 2.13. The zero-order chi connectivity index (χ0) is 18.2. The van der Waals surface area contributed by atoms with Gasteiger partial charge in [-0.2, -0.15) is 19.1 Å². The van der Waals surface area contributed by atoms with E-state index in [1.54, 1.807) is 31.2 Å². The highest BCUT2D eigenvalue weighted by Crippen LogP contribution is 2.21. The van der Waals surface area contributed by atoms with Crippen LogP contribution in [0.2, 0.25) is 0 Å². The Morgan fingerprint density at radius 3 is 2.96 bits per heavy atom. The van der Waals surface area contributed by atoms with Crippen LogP contribution in [0.3, 0.4) is 0 Å². The second-order valence-corrected chi connectivity index (χ2v) is 5.04. The van der Waals surface area contributed by atoms with Gasteiger partial charge >= 0.3 is 6.61 Å². The number of nitrogens with zero attached hydrogens (tertiary/aromatic N) is 3. The second kappa shape index (κ2) is 8.59. The van der Waals surface area contributed by atoms with Crippen molar-refractivity contribution in [3.63, 3.8) is 0 Å². The predicted octanol–water partition coefficient (Wildman–Crippen LogP) is 3.36. The lowest BCUT2D eigenvalue weighted by Crippen LogP contribution is -2.13. The van der Waals surface area contributed by atoms with Gasteiger partial charge in [0.15, 0.2) is 0 Å². The Morgan fingerprint density at radius 1 is 1.48 bits per heavy atom. The maximum Gasteiger partial charge on any atom is 0.387 e. The van der Waals surface area contributed by atoms with E-state index in [1.165, 1.54) is 22.9 Å². The lowest BCUT2D eigenvalue weighted by Gasteiger charge is -2.07. The van der Waals surface area contributed by atoms with Gasteiger partial charge in [-0.3, -0.25) is 4.79 Å². The molecule has 0 aliphatic heterocycles. The smallest absolute Gasteiger partial charge is 0.387 e. The van der Waals surface area contributed by atoms with Crippen molar-refractivity contribution in [1.29, 1.82) is 5.26 Å². The molecule has 2 aromatic rings. The van der Waals surface area contributed by atoms with E-state index in [0.29, 0.717) is 23.6 Å². The summed E-state index contributed by atoms with van der Waals surface area (Å²) in [4.78, 5) is 12.1. The third-order valence-electron chi connectivity index (χ3n) is 3.14. The molecule has 0 radical (unpaired) electrons. The van der Waals surface area contributed by atoms with E-state index in [1.807, 2.05) is 6.07 Å². The Morgan fingerprint density at radius 2 is 2.24 bits per heavy atom. The van der Waals surface area contributed by atoms with Gasteiger partial charge in [0.25, 0.3) is 0 Å². The van der Waals surface area contributed by atoms with E-state index < -0.39 is 12.5 Å². The molecule has 1 aromatic carbocycles. The molecule has 0 unspecified atom stereocenters. The molecule has 0 aliphatic carbocycles. The topological polar surface area (TPSA) is 79.9 Å². The number of halogens is 2. The minimum absolute atomic E-state index is 0.0172. The van der Waals surface area contributed by atoms with Crippen molar-refractivity contribution >= 4 is 17.8 Å². The Kier molecular flexibility index (Phi) is 6.23. The van der Waals surface area contributed by atoms with E-state index in [4.69, 9.17) is 5.26 Å². The highest BCUT2D eigenvalue weighted by Gasteiger charge is 2.09. The highest BCUT2D eigenvalue weighted by molar-refractivity contribution is 6.01. The summed E-state index contributed by atoms with van der Waals surface area (Å²) >= 11 is 0. The molecule has 2 rings (SSSR count). The molecule has 8 heteroatoms. The van der Waals surface area contributed by atoms with Crippen LogP contribution in [0.25, 0.3) is 6.08 Å². The number of ether oxygens (including phenoxy) is 1. The van der Waals surface area contributed by atoms with Gasteiger partial charge in [0.05, 0.1) is 24.7 Å². The molecule has 25 heavy (non-hydrogen) atoms. The van der Waals surface area contributed by atoms with Gasteiger partial charge in [-0.05, 0) is 19.1 Å². The van der Waals surface area contributed by atoms with Crippen LogP contribution < -0.4 is 10.1 Å². The monoisotopic (exact) mass is 346 g/mol. The van der Waals surface area contributed by atoms with E-state index in [9.17, 15) is 13.6 Å². The third-order valence-corrected chi connectivity index (χ3v) is 3.14. The number of aryl methyl sites for hydroxylation is 2. The van der Waals surface area contributed by atoms with E-state index in [-0.39, 0.29) is 12.2 Å². The summed E-state index contributed by atoms with van der Waals surface area (Å²) in [6.45, 7) is -0.818. The number of nitriles is 1. The van der Waals surface area contributed by atoms with Crippen molar-refractivity contribution in [2.24, 2.45) is 0 Å². The summed E-state index contributed by atoms with van der Waals surface area (Å²) in [7, 11) is 0. The molecule has 6 nitrogen and oxygen atoms in total. The molecule has 0 spiro atoms. The summed E-state index contributed by atoms with van der Waals surface area (Å²) in [5.41, 5.74) is 1.06. The molecule has 0 saturated carbocycles. The van der Waals surface area contributed by atoms with Crippen molar-refractivity contribution in [1.82, 2.24) is 9.78 Å². The molecule has 1 amide bonds. The summed E-state index contributed by atoms with van der Waals surface area (Å²) < 4.78 is 30.7. The number of rotatable bonds is 7. The SMILES string of the molecule is Cc1cc(NC(=O)C=Cc2ccccc2OC(F)F)n(CCC#N)n1. The first-order valence-electron chi connectivity index (χ1n) is 7.44. The van der Waals surface area contributed by atoms with Gasteiger partial charge in [-0.15, -0.1) is 0 Å². The number of hydrogen-bond donors (Lipinski definition) is 1. The summed E-state index contributed by atoms with van der Waals surface area (Å²) in [5, 5.41) is 15.5. The second-order valence-electron chi connectivity index (χ2n) is 5.04. The first kappa shape index (κ1) is 18.1. The Bertz CT molecular complexity index is 809. The highest BCUT2D eigenvalue weighted by atomic mass is 19.3. The number of alkyl halides is 2. The molecule has 1 N–H and O–H groups in total. The van der Waals surface area contributed by atoms with Crippen molar-refractivity contribution in [3.8, 4) is 11.8 Å². The average molecular weight is 346 g/mol. The molecule has 0 saturated heterocycles. The van der Waals surface area contributed by atoms with E-state index in [0.717, 1.165) is 0 Å². The van der Waals surface area contributed by atoms with Gasteiger partial charge in [0.1, 0.15) is 11.6 Å². The van der Waals surface area contributed by atoms with Crippen molar-refractivity contribution in [2.75, 3.05) is 5.32 Å². The van der Waals surface area contributed by atoms with Gasteiger partial charge in [-0.25, -0.2) is 4.68 Å². The maximum atomic E-state index is 12.4. The largest absolute Gasteiger partial charge is 0.434 e. The van der Waals surface area contributed by atoms with Gasteiger partial charge in [0, 0.05) is 17.7 Å². The number of anilines is 1. The van der Waals surface area contributed by atoms with Crippen LogP contribution in [-0.2, 0) is 11.3 Å². The number of para-hydroxylation sites is 1. The summed E-state index contributed by atoms with van der Waals surface area (Å²) in [5.74, 6) is -0.0130. The van der Waals surface area contributed by atoms with Crippen molar-refractivity contribution in [2.45, 2.75) is 26.5 Å². The maximum absolute atomic E-state index is 12.4. The van der Waals surface area contributed by atoms with Crippen LogP contribution in [0.15, 0.2) is 36.4 Å². The van der Waals surface area contributed by atoms with Crippen LogP contribution >= 0.6 is 0 Å². The zero-order valence-corrected chi connectivity index (χ0v) is 13.4. The zero-order valence-electron chi connectivity index (χ0n) is 13.4. The standard InChI is InChI=1S/C17H16F2N4O2/c1-12-11-15(23(22-12)10-4-9-20)21-16(24)8-7-13-5-2-3-6-14(13)25-17(18)19/h2-3,5-8,11,17H,4,10H2,1H3,(H,21,24).